The molecule has 2 heterocycles. The highest BCUT2D eigenvalue weighted by molar-refractivity contribution is 5.68. The van der Waals surface area contributed by atoms with Gasteiger partial charge in [0.2, 0.25) is 0 Å². The maximum absolute atomic E-state index is 14.6. The molecule has 0 spiro atoms. The molecule has 3 atom stereocenters. The normalized spacial score (nSPS) is 25.9. The Morgan fingerprint density at radius 3 is 2.46 bits per heavy atom. The van der Waals surface area contributed by atoms with E-state index in [1.54, 1.807) is 37.0 Å². The first kappa shape index (κ1) is 15.6. The van der Waals surface area contributed by atoms with E-state index in [0.29, 0.717) is 23.1 Å². The molecular weight excluding hydrogens is 310 g/mol. The molecule has 1 aliphatic carbocycles. The summed E-state index contributed by atoms with van der Waals surface area (Å²) in [5.74, 6) is -0.289. The topological polar surface area (TPSA) is 41.9 Å². The van der Waals surface area contributed by atoms with Gasteiger partial charge >= 0.3 is 0 Å². The van der Waals surface area contributed by atoms with Gasteiger partial charge in [-0.05, 0) is 56.8 Å². The van der Waals surface area contributed by atoms with Crippen molar-refractivity contribution in [3.63, 3.8) is 0 Å². The average molecular weight is 332 g/mol. The summed E-state index contributed by atoms with van der Waals surface area (Å²) < 4.78 is 30.7. The third-order valence-electron chi connectivity index (χ3n) is 5.40. The first-order valence-electron chi connectivity index (χ1n) is 8.48. The number of halogens is 2. The Hall–Kier alpha value is -1.95. The molecule has 1 aromatic carbocycles. The summed E-state index contributed by atoms with van der Waals surface area (Å²) in [6, 6.07) is 3.51. The lowest BCUT2D eigenvalue weighted by atomic mass is 10.0. The van der Waals surface area contributed by atoms with Crippen LogP contribution in [0.5, 0.6) is 0 Å². The Balaban J connectivity index is 1.57. The van der Waals surface area contributed by atoms with Crippen molar-refractivity contribution in [3.05, 3.63) is 35.7 Å². The highest BCUT2D eigenvalue weighted by Gasteiger charge is 2.37. The molecule has 4 rings (SSSR count). The zero-order valence-electron chi connectivity index (χ0n) is 13.9. The molecule has 2 aliphatic rings. The number of anilines is 1. The molecule has 0 amide bonds. The molecule has 1 saturated carbocycles. The summed E-state index contributed by atoms with van der Waals surface area (Å²) in [4.78, 5) is 0. The minimum atomic E-state index is -0.809. The summed E-state index contributed by atoms with van der Waals surface area (Å²) in [5, 5.41) is 10.8. The van der Waals surface area contributed by atoms with E-state index in [1.165, 1.54) is 0 Å². The van der Waals surface area contributed by atoms with Crippen molar-refractivity contribution in [3.8, 4) is 11.1 Å². The van der Waals surface area contributed by atoms with Gasteiger partial charge in [0.05, 0.1) is 11.4 Å². The second-order valence-electron chi connectivity index (χ2n) is 7.08. The summed E-state index contributed by atoms with van der Waals surface area (Å²) in [7, 11) is 1.77. The smallest absolute Gasteiger partial charge is 0.182 e. The summed E-state index contributed by atoms with van der Waals surface area (Å²) >= 11 is 0. The second-order valence-corrected chi connectivity index (χ2v) is 7.08. The van der Waals surface area contributed by atoms with Gasteiger partial charge < -0.3 is 10.6 Å². The number of hydrogen-bond donors (Lipinski definition) is 2. The van der Waals surface area contributed by atoms with Gasteiger partial charge in [-0.1, -0.05) is 0 Å². The van der Waals surface area contributed by atoms with Crippen LogP contribution in [-0.2, 0) is 7.05 Å². The van der Waals surface area contributed by atoms with E-state index in [2.05, 4.69) is 15.7 Å². The molecule has 2 fully saturated rings. The van der Waals surface area contributed by atoms with Crippen molar-refractivity contribution in [2.45, 2.75) is 25.8 Å². The zero-order valence-corrected chi connectivity index (χ0v) is 13.9. The Labute approximate surface area is 140 Å². The lowest BCUT2D eigenvalue weighted by Gasteiger charge is -2.17. The molecule has 6 heteroatoms. The zero-order chi connectivity index (χ0) is 16.8. The number of nitrogens with zero attached hydrogens (tertiary/aromatic N) is 2. The van der Waals surface area contributed by atoms with Crippen LogP contribution in [0.1, 0.15) is 18.5 Å². The Bertz CT molecular complexity index is 759. The van der Waals surface area contributed by atoms with Gasteiger partial charge in [0.15, 0.2) is 11.6 Å². The Kier molecular flexibility index (Phi) is 3.79. The van der Waals surface area contributed by atoms with E-state index in [0.717, 1.165) is 25.9 Å². The number of benzene rings is 1. The first-order chi connectivity index (χ1) is 11.5. The predicted molar refractivity (Wildman–Crippen MR) is 89.8 cm³/mol. The number of rotatable bonds is 3. The van der Waals surface area contributed by atoms with Crippen LogP contribution in [0, 0.1) is 30.4 Å². The van der Waals surface area contributed by atoms with E-state index in [-0.39, 0.29) is 17.3 Å². The minimum Gasteiger partial charge on any atom is -0.380 e. The molecule has 2 aromatic rings. The summed E-state index contributed by atoms with van der Waals surface area (Å²) in [6.45, 7) is 3.88. The fourth-order valence-electron chi connectivity index (χ4n) is 4.24. The van der Waals surface area contributed by atoms with E-state index < -0.39 is 11.6 Å². The van der Waals surface area contributed by atoms with E-state index >= 15 is 0 Å². The SMILES string of the molecule is Cc1nn(C)cc1-c1ccc(N[C@H]2C[C@H]3CNC[C@H]3C2)c(F)c1F. The van der Waals surface area contributed by atoms with Crippen LogP contribution in [0.2, 0.25) is 0 Å². The lowest BCUT2D eigenvalue weighted by Crippen LogP contribution is -2.21. The van der Waals surface area contributed by atoms with Crippen LogP contribution >= 0.6 is 0 Å². The van der Waals surface area contributed by atoms with Gasteiger partial charge in [-0.25, -0.2) is 8.78 Å². The fraction of sp³-hybridized carbons (Fsp3) is 0.500. The van der Waals surface area contributed by atoms with Gasteiger partial charge in [-0.2, -0.15) is 5.10 Å². The molecule has 0 unspecified atom stereocenters. The van der Waals surface area contributed by atoms with Gasteiger partial charge in [-0.3, -0.25) is 4.68 Å². The van der Waals surface area contributed by atoms with Crippen molar-refractivity contribution in [2.75, 3.05) is 18.4 Å². The van der Waals surface area contributed by atoms with Crippen molar-refractivity contribution in [2.24, 2.45) is 18.9 Å². The average Bonchev–Trinajstić information content (AvgIpc) is 3.19. The second kappa shape index (κ2) is 5.84. The highest BCUT2D eigenvalue weighted by Crippen LogP contribution is 2.37. The molecule has 24 heavy (non-hydrogen) atoms. The third kappa shape index (κ3) is 2.59. The molecule has 1 aromatic heterocycles. The van der Waals surface area contributed by atoms with Crippen molar-refractivity contribution < 1.29 is 8.78 Å². The molecule has 4 nitrogen and oxygen atoms in total. The first-order valence-corrected chi connectivity index (χ1v) is 8.48. The quantitative estimate of drug-likeness (QED) is 0.908. The van der Waals surface area contributed by atoms with Crippen LogP contribution in [-0.4, -0.2) is 28.9 Å². The van der Waals surface area contributed by atoms with E-state index in [1.807, 2.05) is 0 Å². The van der Waals surface area contributed by atoms with E-state index in [4.69, 9.17) is 0 Å². The van der Waals surface area contributed by atoms with Gasteiger partial charge in [0, 0.05) is 30.4 Å². The third-order valence-corrected chi connectivity index (χ3v) is 5.40. The molecule has 1 aliphatic heterocycles. The van der Waals surface area contributed by atoms with Gasteiger partial charge in [0.1, 0.15) is 0 Å². The number of hydrogen-bond acceptors (Lipinski definition) is 3. The van der Waals surface area contributed by atoms with Crippen LogP contribution in [0.25, 0.3) is 11.1 Å². The molecular formula is C18H22F2N4. The van der Waals surface area contributed by atoms with E-state index in [9.17, 15) is 8.78 Å². The van der Waals surface area contributed by atoms with Crippen LogP contribution in [0.3, 0.4) is 0 Å². The van der Waals surface area contributed by atoms with Crippen LogP contribution < -0.4 is 10.6 Å². The molecule has 1 saturated heterocycles. The number of aryl methyl sites for hydroxylation is 2. The lowest BCUT2D eigenvalue weighted by molar-refractivity contribution is 0.494. The van der Waals surface area contributed by atoms with Crippen LogP contribution in [0.4, 0.5) is 14.5 Å². The minimum absolute atomic E-state index is 0.224. The number of nitrogens with one attached hydrogen (secondary N) is 2. The molecule has 128 valence electrons. The fourth-order valence-corrected chi connectivity index (χ4v) is 4.24. The monoisotopic (exact) mass is 332 g/mol. The Morgan fingerprint density at radius 1 is 1.12 bits per heavy atom. The number of aromatic nitrogens is 2. The Morgan fingerprint density at radius 2 is 1.83 bits per heavy atom. The van der Waals surface area contributed by atoms with Gasteiger partial charge in [-0.15, -0.1) is 0 Å². The largest absolute Gasteiger partial charge is 0.380 e. The van der Waals surface area contributed by atoms with Gasteiger partial charge in [0.25, 0.3) is 0 Å². The van der Waals surface area contributed by atoms with Crippen molar-refractivity contribution in [1.29, 1.82) is 0 Å². The predicted octanol–water partition coefficient (Wildman–Crippen LogP) is 3.08. The number of fused-ring (bicyclic) bond motifs is 1. The summed E-state index contributed by atoms with van der Waals surface area (Å²) in [5.41, 5.74) is 1.83. The molecule has 2 N–H and O–H groups in total. The van der Waals surface area contributed by atoms with Crippen molar-refractivity contribution >= 4 is 5.69 Å². The molecule has 0 radical (unpaired) electrons. The summed E-state index contributed by atoms with van der Waals surface area (Å²) in [6.07, 6.45) is 3.75. The van der Waals surface area contributed by atoms with Crippen molar-refractivity contribution in [1.82, 2.24) is 15.1 Å². The van der Waals surface area contributed by atoms with Crippen LogP contribution in [0.15, 0.2) is 18.3 Å². The maximum Gasteiger partial charge on any atom is 0.182 e. The molecule has 0 bridgehead atoms. The highest BCUT2D eigenvalue weighted by atomic mass is 19.2. The maximum atomic E-state index is 14.6. The standard InChI is InChI=1S/C18H22F2N4/c1-10-15(9-24(2)23-10)14-3-4-16(18(20)17(14)19)22-13-5-11-7-21-8-12(11)6-13/h3-4,9,11-13,21-22H,5-8H2,1-2H3/t11-,12+,13-.